The number of hydrogen-bond donors (Lipinski definition) is 2. The molecule has 9 nitrogen and oxygen atoms in total. The summed E-state index contributed by atoms with van der Waals surface area (Å²) in [4.78, 5) is 24.5. The van der Waals surface area contributed by atoms with Crippen LogP contribution in [0.4, 0.5) is 11.8 Å². The maximum Gasteiger partial charge on any atom is 0.251 e. The molecule has 40 heavy (non-hydrogen) atoms. The Bertz CT molecular complexity index is 1380. The average molecular weight is 567 g/mol. The second kappa shape index (κ2) is 13.4. The Balaban J connectivity index is 1.28. The van der Waals surface area contributed by atoms with Crippen LogP contribution in [-0.2, 0) is 10.0 Å². The molecule has 0 saturated heterocycles. The Morgan fingerprint density at radius 3 is 2.20 bits per heavy atom. The highest BCUT2D eigenvalue weighted by Crippen LogP contribution is 2.28. The molecule has 0 atom stereocenters. The number of rotatable bonds is 12. The Labute approximate surface area is 238 Å². The van der Waals surface area contributed by atoms with Crippen LogP contribution in [0, 0.1) is 5.92 Å². The molecule has 1 aliphatic rings. The lowest BCUT2D eigenvalue weighted by Gasteiger charge is -2.29. The molecule has 1 aromatic heterocycles. The topological polar surface area (TPSA) is 108 Å². The third kappa shape index (κ3) is 7.09. The first-order valence-corrected chi connectivity index (χ1v) is 15.8. The fourth-order valence-corrected chi connectivity index (χ4v) is 6.90. The monoisotopic (exact) mass is 566 g/mol. The lowest BCUT2D eigenvalue weighted by molar-refractivity contribution is 0.0943. The summed E-state index contributed by atoms with van der Waals surface area (Å²) in [5.74, 6) is 1.77. The van der Waals surface area contributed by atoms with Crippen molar-refractivity contribution in [3.8, 4) is 0 Å². The molecule has 2 N–H and O–H groups in total. The van der Waals surface area contributed by atoms with Crippen LogP contribution >= 0.6 is 0 Å². The first-order valence-electron chi connectivity index (χ1n) is 14.3. The predicted molar refractivity (Wildman–Crippen MR) is 161 cm³/mol. The molecule has 1 fully saturated rings. The molecule has 2 aromatic carbocycles. The van der Waals surface area contributed by atoms with Crippen molar-refractivity contribution in [2.24, 2.45) is 5.92 Å². The van der Waals surface area contributed by atoms with E-state index >= 15 is 0 Å². The van der Waals surface area contributed by atoms with Crippen molar-refractivity contribution in [1.82, 2.24) is 19.6 Å². The van der Waals surface area contributed by atoms with Gasteiger partial charge in [-0.25, -0.2) is 13.4 Å². The SMILES string of the molecule is CCCN(CCC)S(=O)(=O)c1ccc(C(=O)NC[C@H]2CC[C@@H](Nc3nc(N(C)C)c4ccccc4n3)CC2)cc1. The van der Waals surface area contributed by atoms with Crippen molar-refractivity contribution < 1.29 is 13.2 Å². The molecular weight excluding hydrogens is 524 g/mol. The highest BCUT2D eigenvalue weighted by molar-refractivity contribution is 7.89. The van der Waals surface area contributed by atoms with Crippen LogP contribution in [0.3, 0.4) is 0 Å². The normalized spacial score (nSPS) is 17.6. The summed E-state index contributed by atoms with van der Waals surface area (Å²) in [6, 6.07) is 14.6. The quantitative estimate of drug-likeness (QED) is 0.321. The maximum atomic E-state index is 13.0. The van der Waals surface area contributed by atoms with Gasteiger partial charge < -0.3 is 15.5 Å². The summed E-state index contributed by atoms with van der Waals surface area (Å²) in [7, 11) is 0.419. The van der Waals surface area contributed by atoms with Gasteiger partial charge in [0.05, 0.1) is 10.4 Å². The number of aromatic nitrogens is 2. The average Bonchev–Trinajstić information content (AvgIpc) is 2.96. The minimum atomic E-state index is -3.56. The van der Waals surface area contributed by atoms with E-state index in [1.807, 2.05) is 57.1 Å². The highest BCUT2D eigenvalue weighted by Gasteiger charge is 2.25. The largest absolute Gasteiger partial charge is 0.362 e. The van der Waals surface area contributed by atoms with Gasteiger partial charge in [-0.1, -0.05) is 26.0 Å². The van der Waals surface area contributed by atoms with E-state index in [-0.39, 0.29) is 16.8 Å². The van der Waals surface area contributed by atoms with E-state index in [0.29, 0.717) is 37.1 Å². The number of anilines is 2. The van der Waals surface area contributed by atoms with Crippen LogP contribution in [0.2, 0.25) is 0 Å². The molecular formula is C30H42N6O3S. The summed E-state index contributed by atoms with van der Waals surface area (Å²) < 4.78 is 27.5. The molecule has 10 heteroatoms. The second-order valence-corrected chi connectivity index (χ2v) is 12.7. The second-order valence-electron chi connectivity index (χ2n) is 10.8. The van der Waals surface area contributed by atoms with E-state index in [1.165, 1.54) is 16.4 Å². The van der Waals surface area contributed by atoms with E-state index in [0.717, 1.165) is 55.2 Å². The number of sulfonamides is 1. The Morgan fingerprint density at radius 2 is 1.57 bits per heavy atom. The van der Waals surface area contributed by atoms with E-state index in [4.69, 9.17) is 9.97 Å². The zero-order valence-electron chi connectivity index (χ0n) is 24.1. The van der Waals surface area contributed by atoms with Crippen LogP contribution < -0.4 is 15.5 Å². The fraction of sp³-hybridized carbons (Fsp3) is 0.500. The molecule has 0 aliphatic heterocycles. The summed E-state index contributed by atoms with van der Waals surface area (Å²) in [6.07, 6.45) is 5.46. The van der Waals surface area contributed by atoms with Crippen molar-refractivity contribution in [1.29, 1.82) is 0 Å². The molecule has 1 heterocycles. The lowest BCUT2D eigenvalue weighted by atomic mass is 9.86. The van der Waals surface area contributed by atoms with Gasteiger partial charge in [-0.05, 0) is 80.8 Å². The summed E-state index contributed by atoms with van der Waals surface area (Å²) in [5.41, 5.74) is 1.39. The van der Waals surface area contributed by atoms with E-state index in [9.17, 15) is 13.2 Å². The number of carbonyl (C=O) groups is 1. The van der Waals surface area contributed by atoms with Gasteiger partial charge >= 0.3 is 0 Å². The number of nitrogens with one attached hydrogen (secondary N) is 2. The van der Waals surface area contributed by atoms with Crippen molar-refractivity contribution >= 4 is 38.6 Å². The number of fused-ring (bicyclic) bond motifs is 1. The predicted octanol–water partition coefficient (Wildman–Crippen LogP) is 4.91. The molecule has 0 bridgehead atoms. The minimum absolute atomic E-state index is 0.177. The van der Waals surface area contributed by atoms with Crippen molar-refractivity contribution in [3.05, 3.63) is 54.1 Å². The van der Waals surface area contributed by atoms with E-state index < -0.39 is 10.0 Å². The smallest absolute Gasteiger partial charge is 0.251 e. The van der Waals surface area contributed by atoms with Crippen LogP contribution in [0.5, 0.6) is 0 Å². The Hall–Kier alpha value is -3.24. The third-order valence-corrected chi connectivity index (χ3v) is 9.35. The van der Waals surface area contributed by atoms with E-state index in [1.54, 1.807) is 12.1 Å². The lowest BCUT2D eigenvalue weighted by Crippen LogP contribution is -2.34. The van der Waals surface area contributed by atoms with Gasteiger partial charge in [-0.3, -0.25) is 4.79 Å². The number of carbonyl (C=O) groups excluding carboxylic acids is 1. The first kappa shape index (κ1) is 29.7. The summed E-state index contributed by atoms with van der Waals surface area (Å²) in [5, 5.41) is 7.61. The number of amides is 1. The molecule has 1 amide bonds. The van der Waals surface area contributed by atoms with Gasteiger partial charge in [0, 0.05) is 50.7 Å². The van der Waals surface area contributed by atoms with Crippen LogP contribution in [0.1, 0.15) is 62.7 Å². The molecule has 0 radical (unpaired) electrons. The van der Waals surface area contributed by atoms with Crippen LogP contribution in [-0.4, -0.2) is 68.4 Å². The van der Waals surface area contributed by atoms with Gasteiger partial charge in [-0.2, -0.15) is 9.29 Å². The van der Waals surface area contributed by atoms with Crippen LogP contribution in [0.15, 0.2) is 53.4 Å². The summed E-state index contributed by atoms with van der Waals surface area (Å²) >= 11 is 0. The minimum Gasteiger partial charge on any atom is -0.362 e. The van der Waals surface area contributed by atoms with Crippen LogP contribution in [0.25, 0.3) is 10.9 Å². The molecule has 216 valence electrons. The zero-order chi connectivity index (χ0) is 28.7. The van der Waals surface area contributed by atoms with Gasteiger partial charge in [0.15, 0.2) is 0 Å². The maximum absolute atomic E-state index is 13.0. The molecule has 1 saturated carbocycles. The Kier molecular flexibility index (Phi) is 9.97. The zero-order valence-corrected chi connectivity index (χ0v) is 24.9. The standard InChI is InChI=1S/C30H42N6O3S/c1-5-19-36(20-6-2)40(38,39)25-17-13-23(14-18-25)29(37)31-21-22-11-15-24(16-12-22)32-30-33-27-10-8-7-9-26(27)28(34-30)35(3)4/h7-10,13-14,17-18,22,24H,5-6,11-12,15-16,19-21H2,1-4H3,(H,31,37)(H,32,33,34)/t22-,24+. The fourth-order valence-electron chi connectivity index (χ4n) is 5.28. The first-order chi connectivity index (χ1) is 19.2. The molecule has 0 unspecified atom stereocenters. The number of hydrogen-bond acceptors (Lipinski definition) is 7. The van der Waals surface area contributed by atoms with Crippen molar-refractivity contribution in [2.75, 3.05) is 43.9 Å². The molecule has 0 spiro atoms. The molecule has 1 aliphatic carbocycles. The number of para-hydroxylation sites is 1. The molecule has 4 rings (SSSR count). The summed E-state index contributed by atoms with van der Waals surface area (Å²) in [6.45, 7) is 5.51. The Morgan fingerprint density at radius 1 is 0.925 bits per heavy atom. The van der Waals surface area contributed by atoms with E-state index in [2.05, 4.69) is 10.6 Å². The number of nitrogens with zero attached hydrogens (tertiary/aromatic N) is 4. The van der Waals surface area contributed by atoms with Gasteiger partial charge in [0.1, 0.15) is 5.82 Å². The molecule has 3 aromatic rings. The van der Waals surface area contributed by atoms with Gasteiger partial charge in [0.2, 0.25) is 16.0 Å². The van der Waals surface area contributed by atoms with Gasteiger partial charge in [-0.15, -0.1) is 0 Å². The van der Waals surface area contributed by atoms with Crippen molar-refractivity contribution in [2.45, 2.75) is 63.3 Å². The third-order valence-electron chi connectivity index (χ3n) is 7.44. The highest BCUT2D eigenvalue weighted by atomic mass is 32.2. The van der Waals surface area contributed by atoms with Crippen molar-refractivity contribution in [3.63, 3.8) is 0 Å². The number of benzene rings is 2. The van der Waals surface area contributed by atoms with Gasteiger partial charge in [0.25, 0.3) is 5.91 Å².